The molecule has 2 aromatic rings. The van der Waals surface area contributed by atoms with Crippen molar-refractivity contribution in [2.24, 2.45) is 0 Å². The van der Waals surface area contributed by atoms with Crippen molar-refractivity contribution >= 4 is 23.6 Å². The molecule has 2 amide bonds. The summed E-state index contributed by atoms with van der Waals surface area (Å²) in [7, 11) is 3.02. The normalized spacial score (nSPS) is 11.8. The minimum atomic E-state index is -2.80. The maximum atomic E-state index is 13.6. The van der Waals surface area contributed by atoms with Gasteiger partial charge >= 0.3 is 0 Å². The lowest BCUT2D eigenvalue weighted by Crippen LogP contribution is -2.33. The van der Waals surface area contributed by atoms with E-state index in [-0.39, 0.29) is 22.8 Å². The van der Waals surface area contributed by atoms with Gasteiger partial charge in [0.15, 0.2) is 0 Å². The molecule has 0 bridgehead atoms. The van der Waals surface area contributed by atoms with Crippen LogP contribution in [0.25, 0.3) is 0 Å². The summed E-state index contributed by atoms with van der Waals surface area (Å²) in [5.74, 6) is -0.233. The van der Waals surface area contributed by atoms with Gasteiger partial charge in [0.2, 0.25) is 5.91 Å². The van der Waals surface area contributed by atoms with Crippen LogP contribution in [0.3, 0.4) is 0 Å². The number of carbonyl (C=O) groups is 2. The van der Waals surface area contributed by atoms with E-state index in [9.17, 15) is 18.4 Å². The molecule has 0 heterocycles. The number of carbonyl (C=O) groups excluding carboxylic acids is 2. The van der Waals surface area contributed by atoms with Crippen molar-refractivity contribution in [3.63, 3.8) is 0 Å². The van der Waals surface area contributed by atoms with Crippen molar-refractivity contribution in [3.8, 4) is 5.75 Å². The fourth-order valence-corrected chi connectivity index (χ4v) is 3.47. The lowest BCUT2D eigenvalue weighted by Gasteiger charge is -2.19. The maximum Gasteiger partial charge on any atom is 0.262 e. The third-order valence-electron chi connectivity index (χ3n) is 4.13. The summed E-state index contributed by atoms with van der Waals surface area (Å²) in [5, 5.41) is 5.08. The van der Waals surface area contributed by atoms with Crippen molar-refractivity contribution in [1.29, 1.82) is 0 Å². The Hall–Kier alpha value is -2.65. The molecular formula is C21H24F2N2O4S. The number of benzene rings is 2. The number of rotatable bonds is 11. The molecule has 0 aliphatic rings. The number of alkyl halides is 2. The second-order valence-corrected chi connectivity index (χ2v) is 7.20. The molecule has 0 saturated heterocycles. The Balaban J connectivity index is 2.08. The van der Waals surface area contributed by atoms with E-state index in [0.29, 0.717) is 23.8 Å². The fraction of sp³-hybridized carbons (Fsp3) is 0.333. The fourth-order valence-electron chi connectivity index (χ4n) is 2.59. The predicted octanol–water partition coefficient (Wildman–Crippen LogP) is 3.29. The van der Waals surface area contributed by atoms with Crippen LogP contribution in [0.1, 0.15) is 22.0 Å². The Labute approximate surface area is 178 Å². The molecule has 162 valence electrons. The average molecular weight is 438 g/mol. The van der Waals surface area contributed by atoms with Crippen LogP contribution in [-0.4, -0.2) is 51.4 Å². The highest BCUT2D eigenvalue weighted by Gasteiger charge is 2.26. The van der Waals surface area contributed by atoms with Gasteiger partial charge in [-0.05, 0) is 29.8 Å². The molecule has 0 spiro atoms. The summed E-state index contributed by atoms with van der Waals surface area (Å²) in [6.45, 7) is 0.783. The molecule has 1 atom stereocenters. The van der Waals surface area contributed by atoms with Crippen LogP contribution in [-0.2, 0) is 9.53 Å². The monoisotopic (exact) mass is 438 g/mol. The van der Waals surface area contributed by atoms with Crippen molar-refractivity contribution in [3.05, 3.63) is 59.7 Å². The quantitative estimate of drug-likeness (QED) is 0.416. The first-order valence-electron chi connectivity index (χ1n) is 9.16. The van der Waals surface area contributed by atoms with Gasteiger partial charge in [-0.15, -0.1) is 11.8 Å². The molecule has 2 aromatic carbocycles. The predicted molar refractivity (Wildman–Crippen MR) is 111 cm³/mol. The zero-order valence-corrected chi connectivity index (χ0v) is 17.5. The van der Waals surface area contributed by atoms with Crippen molar-refractivity contribution in [2.45, 2.75) is 17.4 Å². The molecule has 0 saturated carbocycles. The van der Waals surface area contributed by atoms with E-state index < -0.39 is 18.4 Å². The highest BCUT2D eigenvalue weighted by molar-refractivity contribution is 8.00. The van der Waals surface area contributed by atoms with E-state index in [0.717, 1.165) is 11.8 Å². The summed E-state index contributed by atoms with van der Waals surface area (Å²) in [6.07, 6.45) is -2.80. The number of halogens is 2. The molecule has 2 N–H and O–H groups in total. The van der Waals surface area contributed by atoms with Gasteiger partial charge in [0, 0.05) is 18.6 Å². The third kappa shape index (κ3) is 7.00. The van der Waals surface area contributed by atoms with Crippen molar-refractivity contribution < 1.29 is 27.8 Å². The van der Waals surface area contributed by atoms with Crippen molar-refractivity contribution in [1.82, 2.24) is 10.6 Å². The highest BCUT2D eigenvalue weighted by atomic mass is 32.2. The van der Waals surface area contributed by atoms with Crippen molar-refractivity contribution in [2.75, 3.05) is 33.1 Å². The van der Waals surface area contributed by atoms with Gasteiger partial charge in [-0.1, -0.05) is 24.3 Å². The molecule has 0 unspecified atom stereocenters. The zero-order chi connectivity index (χ0) is 21.9. The Bertz CT molecular complexity index is 834. The van der Waals surface area contributed by atoms with Gasteiger partial charge in [0.05, 0.1) is 25.0 Å². The van der Waals surface area contributed by atoms with Crippen LogP contribution >= 0.6 is 11.8 Å². The van der Waals surface area contributed by atoms with Gasteiger partial charge < -0.3 is 20.1 Å². The van der Waals surface area contributed by atoms with E-state index in [4.69, 9.17) is 9.47 Å². The third-order valence-corrected chi connectivity index (χ3v) is 5.21. The van der Waals surface area contributed by atoms with Gasteiger partial charge in [-0.25, -0.2) is 8.78 Å². The SMILES string of the molecule is COCCNC(=O)CSc1ccccc1C(=O)N[C@@H](c1ccc(OC)cc1)C(F)F. The van der Waals surface area contributed by atoms with Gasteiger partial charge in [0.25, 0.3) is 12.3 Å². The lowest BCUT2D eigenvalue weighted by molar-refractivity contribution is -0.118. The minimum Gasteiger partial charge on any atom is -0.497 e. The van der Waals surface area contributed by atoms with Crippen LogP contribution in [0, 0.1) is 0 Å². The molecule has 0 fully saturated rings. The number of hydrogen-bond donors (Lipinski definition) is 2. The van der Waals surface area contributed by atoms with Crippen LogP contribution in [0.2, 0.25) is 0 Å². The van der Waals surface area contributed by atoms with Gasteiger partial charge in [-0.3, -0.25) is 9.59 Å². The second kappa shape index (κ2) is 12.1. The molecule has 9 heteroatoms. The Kier molecular flexibility index (Phi) is 9.56. The number of thioether (sulfide) groups is 1. The Morgan fingerprint density at radius 1 is 1.07 bits per heavy atom. The molecule has 0 aliphatic carbocycles. The smallest absolute Gasteiger partial charge is 0.262 e. The summed E-state index contributed by atoms with van der Waals surface area (Å²) < 4.78 is 37.2. The van der Waals surface area contributed by atoms with Crippen LogP contribution < -0.4 is 15.4 Å². The molecular weight excluding hydrogens is 414 g/mol. The number of ether oxygens (including phenoxy) is 2. The van der Waals surface area contributed by atoms with Gasteiger partial charge in [0.1, 0.15) is 11.8 Å². The highest BCUT2D eigenvalue weighted by Crippen LogP contribution is 2.26. The second-order valence-electron chi connectivity index (χ2n) is 6.19. The molecule has 6 nitrogen and oxygen atoms in total. The summed E-state index contributed by atoms with van der Waals surface area (Å²) in [5.41, 5.74) is 0.494. The maximum absolute atomic E-state index is 13.6. The first kappa shape index (κ1) is 23.6. The molecule has 0 aromatic heterocycles. The molecule has 0 radical (unpaired) electrons. The molecule has 30 heavy (non-hydrogen) atoms. The first-order valence-corrected chi connectivity index (χ1v) is 10.1. The Morgan fingerprint density at radius 3 is 2.40 bits per heavy atom. The van der Waals surface area contributed by atoms with E-state index in [1.807, 2.05) is 0 Å². The van der Waals surface area contributed by atoms with E-state index in [2.05, 4.69) is 10.6 Å². The summed E-state index contributed by atoms with van der Waals surface area (Å²) >= 11 is 1.16. The van der Waals surface area contributed by atoms with Crippen LogP contribution in [0.5, 0.6) is 5.75 Å². The van der Waals surface area contributed by atoms with E-state index >= 15 is 0 Å². The zero-order valence-electron chi connectivity index (χ0n) is 16.7. The number of amides is 2. The number of nitrogens with one attached hydrogen (secondary N) is 2. The van der Waals surface area contributed by atoms with Crippen LogP contribution in [0.15, 0.2) is 53.4 Å². The lowest BCUT2D eigenvalue weighted by atomic mass is 10.1. The molecule has 2 rings (SSSR count). The standard InChI is InChI=1S/C21H24F2N2O4S/c1-28-12-11-24-18(26)13-30-17-6-4-3-5-16(17)21(27)25-19(20(22)23)14-7-9-15(29-2)10-8-14/h3-10,19-20H,11-13H2,1-2H3,(H,24,26)(H,25,27)/t19-/m0/s1. The number of methoxy groups -OCH3 is 2. The van der Waals surface area contributed by atoms with E-state index in [1.165, 1.54) is 32.4 Å². The van der Waals surface area contributed by atoms with Crippen LogP contribution in [0.4, 0.5) is 8.78 Å². The largest absolute Gasteiger partial charge is 0.497 e. The first-order chi connectivity index (χ1) is 14.5. The summed E-state index contributed by atoms with van der Waals surface area (Å²) in [4.78, 5) is 25.1. The minimum absolute atomic E-state index is 0.0881. The topological polar surface area (TPSA) is 76.7 Å². The Morgan fingerprint density at radius 2 is 1.77 bits per heavy atom. The van der Waals surface area contributed by atoms with E-state index in [1.54, 1.807) is 30.3 Å². The average Bonchev–Trinajstić information content (AvgIpc) is 2.76. The summed E-state index contributed by atoms with van der Waals surface area (Å²) in [6, 6.07) is 11.2. The van der Waals surface area contributed by atoms with Gasteiger partial charge in [-0.2, -0.15) is 0 Å². The molecule has 0 aliphatic heterocycles. The number of hydrogen-bond acceptors (Lipinski definition) is 5.